The third kappa shape index (κ3) is 5.36. The normalized spacial score (nSPS) is 16.9. The predicted molar refractivity (Wildman–Crippen MR) is 128 cm³/mol. The lowest BCUT2D eigenvalue weighted by atomic mass is 9.85. The molecule has 0 aromatic heterocycles. The quantitative estimate of drug-likeness (QED) is 0.589. The van der Waals surface area contributed by atoms with Gasteiger partial charge in [0.1, 0.15) is 5.75 Å². The molecule has 3 nitrogen and oxygen atoms in total. The van der Waals surface area contributed by atoms with Gasteiger partial charge in [-0.2, -0.15) is 0 Å². The Labute approximate surface area is 187 Å². The SMILES string of the molecule is CC(C)(C)c1ccc([C@@H](c2cccc(O)c2)N2CCN(Cc3ccccc3)CC2)cc1. The Morgan fingerprint density at radius 3 is 2.06 bits per heavy atom. The van der Waals surface area contributed by atoms with E-state index in [0.29, 0.717) is 5.75 Å². The topological polar surface area (TPSA) is 26.7 Å². The number of phenolic OH excluding ortho intramolecular Hbond substituents is 1. The monoisotopic (exact) mass is 414 g/mol. The molecule has 0 bridgehead atoms. The molecule has 4 rings (SSSR count). The number of nitrogens with zero attached hydrogens (tertiary/aromatic N) is 2. The van der Waals surface area contributed by atoms with Crippen molar-refractivity contribution < 1.29 is 5.11 Å². The molecule has 162 valence electrons. The average molecular weight is 415 g/mol. The summed E-state index contributed by atoms with van der Waals surface area (Å²) >= 11 is 0. The maximum Gasteiger partial charge on any atom is 0.115 e. The molecule has 0 unspecified atom stereocenters. The molecule has 0 amide bonds. The van der Waals surface area contributed by atoms with Gasteiger partial charge in [-0.05, 0) is 39.8 Å². The zero-order valence-corrected chi connectivity index (χ0v) is 19.0. The summed E-state index contributed by atoms with van der Waals surface area (Å²) in [7, 11) is 0. The minimum Gasteiger partial charge on any atom is -0.508 e. The zero-order valence-electron chi connectivity index (χ0n) is 19.0. The first-order valence-electron chi connectivity index (χ1n) is 11.3. The highest BCUT2D eigenvalue weighted by Crippen LogP contribution is 2.33. The van der Waals surface area contributed by atoms with Crippen molar-refractivity contribution in [2.45, 2.75) is 38.8 Å². The second-order valence-electron chi connectivity index (χ2n) is 9.67. The molecule has 0 radical (unpaired) electrons. The molecule has 1 fully saturated rings. The van der Waals surface area contributed by atoms with Gasteiger partial charge in [0, 0.05) is 32.7 Å². The van der Waals surface area contributed by atoms with Crippen LogP contribution in [0.5, 0.6) is 5.75 Å². The highest BCUT2D eigenvalue weighted by atomic mass is 16.3. The van der Waals surface area contributed by atoms with Crippen LogP contribution in [0, 0.1) is 0 Å². The number of hydrogen-bond acceptors (Lipinski definition) is 3. The molecule has 1 atom stereocenters. The van der Waals surface area contributed by atoms with Crippen LogP contribution in [0.25, 0.3) is 0 Å². The van der Waals surface area contributed by atoms with Crippen molar-refractivity contribution in [2.24, 2.45) is 0 Å². The van der Waals surface area contributed by atoms with Crippen LogP contribution in [0.15, 0.2) is 78.9 Å². The molecule has 0 aliphatic carbocycles. The molecule has 3 aromatic rings. The molecule has 3 aromatic carbocycles. The van der Waals surface area contributed by atoms with E-state index in [1.165, 1.54) is 16.7 Å². The van der Waals surface area contributed by atoms with Crippen LogP contribution in [0.2, 0.25) is 0 Å². The number of rotatable bonds is 5. The number of phenols is 1. The van der Waals surface area contributed by atoms with Gasteiger partial charge in [-0.1, -0.05) is 87.5 Å². The van der Waals surface area contributed by atoms with E-state index in [9.17, 15) is 5.11 Å². The Hall–Kier alpha value is -2.62. The molecule has 0 spiro atoms. The lowest BCUT2D eigenvalue weighted by molar-refractivity contribution is 0.105. The van der Waals surface area contributed by atoms with Crippen LogP contribution >= 0.6 is 0 Å². The summed E-state index contributed by atoms with van der Waals surface area (Å²) < 4.78 is 0. The minimum atomic E-state index is 0.141. The summed E-state index contributed by atoms with van der Waals surface area (Å²) in [4.78, 5) is 5.09. The van der Waals surface area contributed by atoms with Gasteiger partial charge in [-0.3, -0.25) is 9.80 Å². The predicted octanol–water partition coefficient (Wildman–Crippen LogP) is 5.60. The van der Waals surface area contributed by atoms with Gasteiger partial charge in [0.2, 0.25) is 0 Å². The van der Waals surface area contributed by atoms with Crippen molar-refractivity contribution >= 4 is 0 Å². The minimum absolute atomic E-state index is 0.141. The summed E-state index contributed by atoms with van der Waals surface area (Å²) in [6.07, 6.45) is 0. The molecule has 1 aliphatic heterocycles. The van der Waals surface area contributed by atoms with E-state index in [-0.39, 0.29) is 11.5 Å². The van der Waals surface area contributed by atoms with Gasteiger partial charge in [0.25, 0.3) is 0 Å². The first kappa shape index (κ1) is 21.6. The Bertz CT molecular complexity index is 968. The largest absolute Gasteiger partial charge is 0.508 e. The molecule has 1 aliphatic rings. The van der Waals surface area contributed by atoms with Gasteiger partial charge < -0.3 is 5.11 Å². The molecular formula is C28H34N2O. The van der Waals surface area contributed by atoms with Crippen molar-refractivity contribution in [2.75, 3.05) is 26.2 Å². The van der Waals surface area contributed by atoms with E-state index in [4.69, 9.17) is 0 Å². The second kappa shape index (κ2) is 9.25. The maximum atomic E-state index is 10.1. The number of piperazine rings is 1. The van der Waals surface area contributed by atoms with Crippen LogP contribution in [0.3, 0.4) is 0 Å². The van der Waals surface area contributed by atoms with Crippen molar-refractivity contribution in [3.8, 4) is 5.75 Å². The van der Waals surface area contributed by atoms with Crippen molar-refractivity contribution in [1.82, 2.24) is 9.80 Å². The molecule has 1 N–H and O–H groups in total. The fraction of sp³-hybridized carbons (Fsp3) is 0.357. The summed E-state index contributed by atoms with van der Waals surface area (Å²) in [6.45, 7) is 11.9. The van der Waals surface area contributed by atoms with Crippen molar-refractivity contribution in [3.05, 3.63) is 101 Å². The molecule has 3 heteroatoms. The zero-order chi connectivity index (χ0) is 21.8. The van der Waals surface area contributed by atoms with E-state index in [2.05, 4.69) is 91.2 Å². The van der Waals surface area contributed by atoms with Crippen LogP contribution in [-0.2, 0) is 12.0 Å². The molecule has 0 saturated carbocycles. The fourth-order valence-electron chi connectivity index (χ4n) is 4.50. The molecule has 1 heterocycles. The van der Waals surface area contributed by atoms with E-state index in [1.807, 2.05) is 12.1 Å². The molecule has 1 saturated heterocycles. The third-order valence-corrected chi connectivity index (χ3v) is 6.30. The van der Waals surface area contributed by atoms with E-state index in [1.54, 1.807) is 6.07 Å². The van der Waals surface area contributed by atoms with Gasteiger partial charge in [0.05, 0.1) is 6.04 Å². The Kier molecular flexibility index (Phi) is 6.45. The Morgan fingerprint density at radius 2 is 1.45 bits per heavy atom. The van der Waals surface area contributed by atoms with Crippen molar-refractivity contribution in [3.63, 3.8) is 0 Å². The van der Waals surface area contributed by atoms with Crippen LogP contribution < -0.4 is 0 Å². The fourth-order valence-corrected chi connectivity index (χ4v) is 4.50. The standard InChI is InChI=1S/C28H34N2O/c1-28(2,3)25-14-12-23(13-15-25)27(24-10-7-11-26(31)20-24)30-18-16-29(17-19-30)21-22-8-5-4-6-9-22/h4-15,20,27,31H,16-19,21H2,1-3H3/t27-/m0/s1. The number of benzene rings is 3. The summed E-state index contributed by atoms with van der Waals surface area (Å²) in [5, 5.41) is 10.1. The first-order chi connectivity index (χ1) is 14.9. The van der Waals surface area contributed by atoms with Gasteiger partial charge in [-0.25, -0.2) is 0 Å². The maximum absolute atomic E-state index is 10.1. The average Bonchev–Trinajstić information content (AvgIpc) is 2.76. The van der Waals surface area contributed by atoms with Crippen LogP contribution in [0.4, 0.5) is 0 Å². The lowest BCUT2D eigenvalue weighted by Crippen LogP contribution is -2.47. The van der Waals surface area contributed by atoms with Crippen LogP contribution in [-0.4, -0.2) is 41.1 Å². The van der Waals surface area contributed by atoms with Crippen LogP contribution in [0.1, 0.15) is 49.1 Å². The summed E-state index contributed by atoms with van der Waals surface area (Å²) in [5.41, 5.74) is 5.30. The van der Waals surface area contributed by atoms with E-state index in [0.717, 1.165) is 38.3 Å². The lowest BCUT2D eigenvalue weighted by Gasteiger charge is -2.40. The van der Waals surface area contributed by atoms with Crippen molar-refractivity contribution in [1.29, 1.82) is 0 Å². The summed E-state index contributed by atoms with van der Waals surface area (Å²) in [5.74, 6) is 0.330. The highest BCUT2D eigenvalue weighted by molar-refractivity contribution is 5.38. The Morgan fingerprint density at radius 1 is 0.774 bits per heavy atom. The first-order valence-corrected chi connectivity index (χ1v) is 11.3. The second-order valence-corrected chi connectivity index (χ2v) is 9.67. The van der Waals surface area contributed by atoms with Gasteiger partial charge in [-0.15, -0.1) is 0 Å². The molecular weight excluding hydrogens is 380 g/mol. The number of hydrogen-bond donors (Lipinski definition) is 1. The van der Waals surface area contributed by atoms with E-state index < -0.39 is 0 Å². The van der Waals surface area contributed by atoms with Gasteiger partial charge >= 0.3 is 0 Å². The summed E-state index contributed by atoms with van der Waals surface area (Å²) in [6, 6.07) is 27.7. The third-order valence-electron chi connectivity index (χ3n) is 6.30. The van der Waals surface area contributed by atoms with Gasteiger partial charge in [0.15, 0.2) is 0 Å². The highest BCUT2D eigenvalue weighted by Gasteiger charge is 2.27. The smallest absolute Gasteiger partial charge is 0.115 e. The Balaban J connectivity index is 1.54. The van der Waals surface area contributed by atoms with E-state index >= 15 is 0 Å². The number of aromatic hydroxyl groups is 1. The molecule has 31 heavy (non-hydrogen) atoms.